The zero-order chi connectivity index (χ0) is 14.3. The Morgan fingerprint density at radius 3 is 1.95 bits per heavy atom. The summed E-state index contributed by atoms with van der Waals surface area (Å²) in [4.78, 5) is 2.52. The molecule has 0 aromatic rings. The second-order valence-corrected chi connectivity index (χ2v) is 6.94. The lowest BCUT2D eigenvalue weighted by atomic mass is 9.95. The van der Waals surface area contributed by atoms with Crippen LogP contribution in [0.4, 0.5) is 0 Å². The molecule has 114 valence electrons. The van der Waals surface area contributed by atoms with Crippen LogP contribution in [0.25, 0.3) is 0 Å². The van der Waals surface area contributed by atoms with Crippen molar-refractivity contribution in [2.45, 2.75) is 59.5 Å². The highest BCUT2D eigenvalue weighted by Crippen LogP contribution is 2.14. The van der Waals surface area contributed by atoms with Crippen molar-refractivity contribution < 1.29 is 4.74 Å². The molecule has 0 amide bonds. The Hall–Kier alpha value is -0.120. The van der Waals surface area contributed by atoms with Crippen LogP contribution < -0.4 is 5.32 Å². The summed E-state index contributed by atoms with van der Waals surface area (Å²) in [5.41, 5.74) is 0. The van der Waals surface area contributed by atoms with Gasteiger partial charge in [0.2, 0.25) is 0 Å². The maximum Gasteiger partial charge on any atom is 0.0594 e. The maximum absolute atomic E-state index is 5.41. The molecule has 0 bridgehead atoms. The fourth-order valence-electron chi connectivity index (χ4n) is 3.00. The standard InChI is InChI=1S/C16H34N2O/c1-13(2)10-16(11-14(3)4)17-15(5)12-18-6-8-19-9-7-18/h13-17H,6-12H2,1-5H3. The van der Waals surface area contributed by atoms with Crippen LogP contribution in [0.15, 0.2) is 0 Å². The van der Waals surface area contributed by atoms with E-state index in [9.17, 15) is 0 Å². The molecule has 3 nitrogen and oxygen atoms in total. The molecule has 1 saturated heterocycles. The van der Waals surface area contributed by atoms with Crippen molar-refractivity contribution >= 4 is 0 Å². The average Bonchev–Trinajstić information content (AvgIpc) is 2.27. The molecule has 1 aliphatic heterocycles. The van der Waals surface area contributed by atoms with Crippen LogP contribution in [0.3, 0.4) is 0 Å². The first kappa shape index (κ1) is 16.9. The summed E-state index contributed by atoms with van der Waals surface area (Å²) < 4.78 is 5.41. The molecule has 0 aromatic carbocycles. The van der Waals surface area contributed by atoms with Crippen molar-refractivity contribution in [2.75, 3.05) is 32.8 Å². The first-order valence-corrected chi connectivity index (χ1v) is 8.03. The molecule has 0 aliphatic carbocycles. The van der Waals surface area contributed by atoms with Gasteiger partial charge in [-0.1, -0.05) is 27.7 Å². The van der Waals surface area contributed by atoms with Gasteiger partial charge in [-0.15, -0.1) is 0 Å². The average molecular weight is 270 g/mol. The molecule has 0 saturated carbocycles. The van der Waals surface area contributed by atoms with E-state index in [0.717, 1.165) is 44.7 Å². The Morgan fingerprint density at radius 2 is 1.47 bits per heavy atom. The number of rotatable bonds is 8. The molecule has 1 rings (SSSR count). The number of hydrogen-bond donors (Lipinski definition) is 1. The first-order chi connectivity index (χ1) is 8.97. The number of nitrogens with zero attached hydrogens (tertiary/aromatic N) is 1. The minimum absolute atomic E-state index is 0.570. The highest BCUT2D eigenvalue weighted by Gasteiger charge is 2.18. The van der Waals surface area contributed by atoms with E-state index in [1.807, 2.05) is 0 Å². The van der Waals surface area contributed by atoms with E-state index in [2.05, 4.69) is 44.8 Å². The van der Waals surface area contributed by atoms with E-state index >= 15 is 0 Å². The van der Waals surface area contributed by atoms with Crippen LogP contribution in [0.1, 0.15) is 47.5 Å². The van der Waals surface area contributed by atoms with Gasteiger partial charge < -0.3 is 10.1 Å². The molecule has 1 aliphatic rings. The molecule has 1 N–H and O–H groups in total. The summed E-state index contributed by atoms with van der Waals surface area (Å²) in [6, 6.07) is 1.23. The van der Waals surface area contributed by atoms with Crippen molar-refractivity contribution in [1.29, 1.82) is 0 Å². The molecule has 19 heavy (non-hydrogen) atoms. The van der Waals surface area contributed by atoms with Crippen molar-refractivity contribution in [1.82, 2.24) is 10.2 Å². The Balaban J connectivity index is 2.33. The molecular formula is C16H34N2O. The highest BCUT2D eigenvalue weighted by molar-refractivity contribution is 4.77. The highest BCUT2D eigenvalue weighted by atomic mass is 16.5. The zero-order valence-corrected chi connectivity index (χ0v) is 13.6. The quantitative estimate of drug-likeness (QED) is 0.734. The van der Waals surface area contributed by atoms with Gasteiger partial charge in [-0.3, -0.25) is 4.90 Å². The van der Waals surface area contributed by atoms with Crippen LogP contribution >= 0.6 is 0 Å². The summed E-state index contributed by atoms with van der Waals surface area (Å²) in [7, 11) is 0. The molecule has 1 heterocycles. The fraction of sp³-hybridized carbons (Fsp3) is 1.00. The minimum Gasteiger partial charge on any atom is -0.379 e. The normalized spacial score (nSPS) is 19.6. The lowest BCUT2D eigenvalue weighted by molar-refractivity contribution is 0.0335. The predicted octanol–water partition coefficient (Wildman–Crippen LogP) is 2.76. The zero-order valence-electron chi connectivity index (χ0n) is 13.6. The minimum atomic E-state index is 0.570. The van der Waals surface area contributed by atoms with E-state index < -0.39 is 0 Å². The summed E-state index contributed by atoms with van der Waals surface area (Å²) in [6.45, 7) is 16.7. The van der Waals surface area contributed by atoms with Gasteiger partial charge in [0, 0.05) is 31.7 Å². The van der Waals surface area contributed by atoms with E-state index in [1.54, 1.807) is 0 Å². The molecular weight excluding hydrogens is 236 g/mol. The van der Waals surface area contributed by atoms with Crippen LogP contribution in [0.5, 0.6) is 0 Å². The molecule has 3 heteroatoms. The van der Waals surface area contributed by atoms with Gasteiger partial charge in [-0.25, -0.2) is 0 Å². The van der Waals surface area contributed by atoms with Gasteiger partial charge in [0.25, 0.3) is 0 Å². The Kier molecular flexibility index (Phi) is 7.96. The van der Waals surface area contributed by atoms with Gasteiger partial charge in [0.15, 0.2) is 0 Å². The Morgan fingerprint density at radius 1 is 0.947 bits per heavy atom. The van der Waals surface area contributed by atoms with Gasteiger partial charge >= 0.3 is 0 Å². The van der Waals surface area contributed by atoms with Crippen molar-refractivity contribution in [3.05, 3.63) is 0 Å². The number of nitrogens with one attached hydrogen (secondary N) is 1. The molecule has 0 spiro atoms. The SMILES string of the molecule is CC(C)CC(CC(C)C)NC(C)CN1CCOCC1. The summed E-state index contributed by atoms with van der Waals surface area (Å²) in [5.74, 6) is 1.54. The third-order valence-corrected chi connectivity index (χ3v) is 3.67. The molecule has 1 fully saturated rings. The van der Waals surface area contributed by atoms with Gasteiger partial charge in [-0.05, 0) is 31.6 Å². The molecule has 0 aromatic heterocycles. The predicted molar refractivity (Wildman–Crippen MR) is 82.6 cm³/mol. The van der Waals surface area contributed by atoms with Crippen molar-refractivity contribution in [3.63, 3.8) is 0 Å². The lowest BCUT2D eigenvalue weighted by Crippen LogP contribution is -2.47. The van der Waals surface area contributed by atoms with Gasteiger partial charge in [0.05, 0.1) is 13.2 Å². The molecule has 1 unspecified atom stereocenters. The molecule has 1 atom stereocenters. The van der Waals surface area contributed by atoms with E-state index in [-0.39, 0.29) is 0 Å². The first-order valence-electron chi connectivity index (χ1n) is 8.03. The Labute approximate surface area is 120 Å². The second-order valence-electron chi connectivity index (χ2n) is 6.94. The van der Waals surface area contributed by atoms with Crippen molar-refractivity contribution in [2.24, 2.45) is 11.8 Å². The largest absolute Gasteiger partial charge is 0.379 e. The topological polar surface area (TPSA) is 24.5 Å². The van der Waals surface area contributed by atoms with E-state index in [0.29, 0.717) is 12.1 Å². The molecule has 0 radical (unpaired) electrons. The summed E-state index contributed by atoms with van der Waals surface area (Å²) >= 11 is 0. The third kappa shape index (κ3) is 7.91. The Bertz CT molecular complexity index is 215. The monoisotopic (exact) mass is 270 g/mol. The van der Waals surface area contributed by atoms with Crippen LogP contribution in [-0.2, 0) is 4.74 Å². The number of ether oxygens (including phenoxy) is 1. The summed E-state index contributed by atoms with van der Waals surface area (Å²) in [6.07, 6.45) is 2.57. The van der Waals surface area contributed by atoms with Crippen LogP contribution in [0, 0.1) is 11.8 Å². The van der Waals surface area contributed by atoms with E-state index in [4.69, 9.17) is 4.74 Å². The van der Waals surface area contributed by atoms with Crippen molar-refractivity contribution in [3.8, 4) is 0 Å². The maximum atomic E-state index is 5.41. The number of morpholine rings is 1. The van der Waals surface area contributed by atoms with Gasteiger partial charge in [-0.2, -0.15) is 0 Å². The fourth-order valence-corrected chi connectivity index (χ4v) is 3.00. The number of hydrogen-bond acceptors (Lipinski definition) is 3. The lowest BCUT2D eigenvalue weighted by Gasteiger charge is -2.32. The third-order valence-electron chi connectivity index (χ3n) is 3.67. The van der Waals surface area contributed by atoms with Crippen LogP contribution in [0.2, 0.25) is 0 Å². The smallest absolute Gasteiger partial charge is 0.0594 e. The van der Waals surface area contributed by atoms with Gasteiger partial charge in [0.1, 0.15) is 0 Å². The van der Waals surface area contributed by atoms with E-state index in [1.165, 1.54) is 12.8 Å². The second kappa shape index (κ2) is 8.93. The van der Waals surface area contributed by atoms with Crippen LogP contribution in [-0.4, -0.2) is 49.8 Å². The summed E-state index contributed by atoms with van der Waals surface area (Å²) in [5, 5.41) is 3.84.